The predicted molar refractivity (Wildman–Crippen MR) is 85.0 cm³/mol. The minimum Gasteiger partial charge on any atom is -0.258 e. The number of hydrogen-bond acceptors (Lipinski definition) is 3. The molecule has 3 aromatic rings. The van der Waals surface area contributed by atoms with Crippen LogP contribution in [0.4, 0.5) is 5.69 Å². The van der Waals surface area contributed by atoms with Gasteiger partial charge in [0, 0.05) is 23.9 Å². The first kappa shape index (κ1) is 14.0. The molecule has 1 aromatic heterocycles. The van der Waals surface area contributed by atoms with Crippen molar-refractivity contribution in [2.45, 2.75) is 13.3 Å². The first-order valence-electron chi connectivity index (χ1n) is 7.08. The number of aryl methyl sites for hydroxylation is 1. The van der Waals surface area contributed by atoms with Crippen LogP contribution in [0, 0.1) is 10.1 Å². The van der Waals surface area contributed by atoms with Crippen molar-refractivity contribution in [1.82, 2.24) is 9.78 Å². The van der Waals surface area contributed by atoms with Gasteiger partial charge in [0.2, 0.25) is 0 Å². The second kappa shape index (κ2) is 5.81. The second-order valence-electron chi connectivity index (χ2n) is 4.94. The van der Waals surface area contributed by atoms with Crippen LogP contribution in [0.3, 0.4) is 0 Å². The van der Waals surface area contributed by atoms with Crippen LogP contribution in [0.2, 0.25) is 0 Å². The smallest absolute Gasteiger partial charge is 0.258 e. The lowest BCUT2D eigenvalue weighted by atomic mass is 10.1. The number of non-ortho nitro benzene ring substituents is 1. The molecule has 0 aliphatic heterocycles. The standard InChI is InChI=1S/C17H15N3O2/c1-2-13-12-19(15-8-10-16(11-9-15)20(21)22)18-17(13)14-6-4-3-5-7-14/h3-12H,2H2,1H3. The highest BCUT2D eigenvalue weighted by molar-refractivity contribution is 5.63. The molecule has 0 bridgehead atoms. The SMILES string of the molecule is CCc1cn(-c2ccc([N+](=O)[O-])cc2)nc1-c1ccccc1. The maximum Gasteiger partial charge on any atom is 0.269 e. The highest BCUT2D eigenvalue weighted by Gasteiger charge is 2.11. The van der Waals surface area contributed by atoms with Gasteiger partial charge in [-0.2, -0.15) is 5.10 Å². The third-order valence-electron chi connectivity index (χ3n) is 3.54. The Bertz CT molecular complexity index is 793. The topological polar surface area (TPSA) is 61.0 Å². The van der Waals surface area contributed by atoms with Crippen molar-refractivity contribution in [2.24, 2.45) is 0 Å². The third kappa shape index (κ3) is 2.61. The summed E-state index contributed by atoms with van der Waals surface area (Å²) in [6.45, 7) is 2.09. The molecule has 0 saturated carbocycles. The van der Waals surface area contributed by atoms with Crippen molar-refractivity contribution in [3.63, 3.8) is 0 Å². The first-order valence-corrected chi connectivity index (χ1v) is 7.08. The van der Waals surface area contributed by atoms with E-state index in [0.29, 0.717) is 0 Å². The van der Waals surface area contributed by atoms with Crippen molar-refractivity contribution in [1.29, 1.82) is 0 Å². The van der Waals surface area contributed by atoms with E-state index in [2.05, 4.69) is 12.0 Å². The molecule has 1 heterocycles. The molecule has 0 fully saturated rings. The summed E-state index contributed by atoms with van der Waals surface area (Å²) in [6, 6.07) is 16.4. The van der Waals surface area contributed by atoms with Crippen molar-refractivity contribution in [3.05, 3.63) is 76.5 Å². The summed E-state index contributed by atoms with van der Waals surface area (Å²) in [7, 11) is 0. The summed E-state index contributed by atoms with van der Waals surface area (Å²) in [4.78, 5) is 10.3. The van der Waals surface area contributed by atoms with Gasteiger partial charge in [0.1, 0.15) is 0 Å². The van der Waals surface area contributed by atoms with Crippen molar-refractivity contribution in [2.75, 3.05) is 0 Å². The fourth-order valence-electron chi connectivity index (χ4n) is 2.37. The Kier molecular flexibility index (Phi) is 3.70. The molecule has 0 aliphatic rings. The van der Waals surface area contributed by atoms with E-state index >= 15 is 0 Å². The van der Waals surface area contributed by atoms with E-state index in [0.717, 1.165) is 28.9 Å². The van der Waals surface area contributed by atoms with E-state index in [9.17, 15) is 10.1 Å². The Morgan fingerprint density at radius 2 is 1.77 bits per heavy atom. The largest absolute Gasteiger partial charge is 0.269 e. The molecule has 0 N–H and O–H groups in total. The van der Waals surface area contributed by atoms with Crippen LogP contribution in [0.5, 0.6) is 0 Å². The van der Waals surface area contributed by atoms with E-state index in [1.165, 1.54) is 12.1 Å². The monoisotopic (exact) mass is 293 g/mol. The number of aromatic nitrogens is 2. The lowest BCUT2D eigenvalue weighted by Gasteiger charge is -2.01. The van der Waals surface area contributed by atoms with Crippen LogP contribution in [-0.4, -0.2) is 14.7 Å². The molecule has 5 heteroatoms. The number of nitro benzene ring substituents is 1. The first-order chi connectivity index (χ1) is 10.7. The zero-order valence-electron chi connectivity index (χ0n) is 12.1. The zero-order chi connectivity index (χ0) is 15.5. The molecule has 2 aromatic carbocycles. The van der Waals surface area contributed by atoms with Gasteiger partial charge in [-0.15, -0.1) is 0 Å². The van der Waals surface area contributed by atoms with Gasteiger partial charge in [0.25, 0.3) is 5.69 Å². The molecule has 3 rings (SSSR count). The van der Waals surface area contributed by atoms with Gasteiger partial charge in [-0.1, -0.05) is 37.3 Å². The summed E-state index contributed by atoms with van der Waals surface area (Å²) in [5, 5.41) is 15.4. The fourth-order valence-corrected chi connectivity index (χ4v) is 2.37. The van der Waals surface area contributed by atoms with Crippen LogP contribution in [-0.2, 0) is 6.42 Å². The van der Waals surface area contributed by atoms with Gasteiger partial charge in [0.15, 0.2) is 0 Å². The van der Waals surface area contributed by atoms with E-state index in [1.54, 1.807) is 16.8 Å². The normalized spacial score (nSPS) is 10.6. The van der Waals surface area contributed by atoms with Gasteiger partial charge in [-0.3, -0.25) is 10.1 Å². The summed E-state index contributed by atoms with van der Waals surface area (Å²) in [5.41, 5.74) is 4.04. The lowest BCUT2D eigenvalue weighted by Crippen LogP contribution is -1.95. The second-order valence-corrected chi connectivity index (χ2v) is 4.94. The summed E-state index contributed by atoms with van der Waals surface area (Å²) in [5.74, 6) is 0. The maximum absolute atomic E-state index is 10.7. The third-order valence-corrected chi connectivity index (χ3v) is 3.54. The lowest BCUT2D eigenvalue weighted by molar-refractivity contribution is -0.384. The maximum atomic E-state index is 10.7. The Labute approximate surface area is 128 Å². The van der Waals surface area contributed by atoms with Gasteiger partial charge >= 0.3 is 0 Å². The van der Waals surface area contributed by atoms with E-state index in [1.807, 2.05) is 36.5 Å². The summed E-state index contributed by atoms with van der Waals surface area (Å²) in [6.07, 6.45) is 2.85. The summed E-state index contributed by atoms with van der Waals surface area (Å²) >= 11 is 0. The molecule has 0 radical (unpaired) electrons. The van der Waals surface area contributed by atoms with Crippen LogP contribution >= 0.6 is 0 Å². The van der Waals surface area contributed by atoms with Gasteiger partial charge in [-0.25, -0.2) is 4.68 Å². The molecule has 0 saturated heterocycles. The minimum atomic E-state index is -0.403. The number of hydrogen-bond donors (Lipinski definition) is 0. The van der Waals surface area contributed by atoms with Crippen LogP contribution < -0.4 is 0 Å². The van der Waals surface area contributed by atoms with Crippen LogP contribution in [0.15, 0.2) is 60.8 Å². The highest BCUT2D eigenvalue weighted by Crippen LogP contribution is 2.24. The molecule has 0 amide bonds. The molecular weight excluding hydrogens is 278 g/mol. The molecule has 110 valence electrons. The number of nitro groups is 1. The van der Waals surface area contributed by atoms with E-state index in [4.69, 9.17) is 0 Å². The van der Waals surface area contributed by atoms with Crippen molar-refractivity contribution >= 4 is 5.69 Å². The Morgan fingerprint density at radius 1 is 1.09 bits per heavy atom. The van der Waals surface area contributed by atoms with Gasteiger partial charge < -0.3 is 0 Å². The quantitative estimate of drug-likeness (QED) is 0.539. The van der Waals surface area contributed by atoms with Gasteiger partial charge in [0.05, 0.1) is 16.3 Å². The predicted octanol–water partition coefficient (Wildman–Crippen LogP) is 4.01. The molecule has 0 aliphatic carbocycles. The number of nitrogens with zero attached hydrogens (tertiary/aromatic N) is 3. The molecule has 0 unspecified atom stereocenters. The van der Waals surface area contributed by atoms with E-state index in [-0.39, 0.29) is 5.69 Å². The Hall–Kier alpha value is -2.95. The number of rotatable bonds is 4. The molecule has 22 heavy (non-hydrogen) atoms. The number of benzene rings is 2. The van der Waals surface area contributed by atoms with Crippen molar-refractivity contribution < 1.29 is 4.92 Å². The Morgan fingerprint density at radius 3 is 2.36 bits per heavy atom. The van der Waals surface area contributed by atoms with Crippen molar-refractivity contribution in [3.8, 4) is 16.9 Å². The average molecular weight is 293 g/mol. The van der Waals surface area contributed by atoms with Gasteiger partial charge in [-0.05, 0) is 24.1 Å². The molecule has 0 atom stereocenters. The average Bonchev–Trinajstić information content (AvgIpc) is 3.00. The fraction of sp³-hybridized carbons (Fsp3) is 0.118. The molecule has 0 spiro atoms. The van der Waals surface area contributed by atoms with E-state index < -0.39 is 4.92 Å². The van der Waals surface area contributed by atoms with Crippen LogP contribution in [0.25, 0.3) is 16.9 Å². The Balaban J connectivity index is 2.02. The summed E-state index contributed by atoms with van der Waals surface area (Å²) < 4.78 is 1.77. The van der Waals surface area contributed by atoms with Crippen LogP contribution in [0.1, 0.15) is 12.5 Å². The zero-order valence-corrected chi connectivity index (χ0v) is 12.1. The minimum absolute atomic E-state index is 0.0786. The molecule has 5 nitrogen and oxygen atoms in total. The highest BCUT2D eigenvalue weighted by atomic mass is 16.6. The molecular formula is C17H15N3O2.